The molecule has 8 nitrogen and oxygen atoms in total. The third kappa shape index (κ3) is 3.73. The molecule has 1 aliphatic rings. The summed E-state index contributed by atoms with van der Waals surface area (Å²) in [7, 11) is 3.18. The minimum atomic E-state index is -0.679. The Morgan fingerprint density at radius 3 is 2.64 bits per heavy atom. The predicted octanol–water partition coefficient (Wildman–Crippen LogP) is 0.707. The van der Waals surface area contributed by atoms with Crippen molar-refractivity contribution < 1.29 is 19.1 Å². The number of piperazine rings is 1. The number of para-hydroxylation sites is 1. The number of hydrogen-bond donors (Lipinski definition) is 1. The van der Waals surface area contributed by atoms with E-state index in [4.69, 9.17) is 4.74 Å². The van der Waals surface area contributed by atoms with Gasteiger partial charge in [0.15, 0.2) is 0 Å². The van der Waals surface area contributed by atoms with Crippen LogP contribution in [0.3, 0.4) is 0 Å². The Labute approximate surface area is 164 Å². The van der Waals surface area contributed by atoms with E-state index in [9.17, 15) is 14.4 Å². The van der Waals surface area contributed by atoms with Crippen LogP contribution in [-0.2, 0) is 20.9 Å². The Hall–Kier alpha value is -2.87. The van der Waals surface area contributed by atoms with E-state index in [1.54, 1.807) is 12.0 Å². The van der Waals surface area contributed by atoms with Crippen LogP contribution in [0.1, 0.15) is 17.3 Å². The Morgan fingerprint density at radius 1 is 1.21 bits per heavy atom. The number of carbonyl (C=O) groups excluding carboxylic acids is 3. The molecule has 0 unspecified atom stereocenters. The molecule has 0 spiro atoms. The summed E-state index contributed by atoms with van der Waals surface area (Å²) in [6.07, 6.45) is 1.85. The quantitative estimate of drug-likeness (QED) is 0.820. The molecule has 0 saturated carbocycles. The van der Waals surface area contributed by atoms with E-state index >= 15 is 0 Å². The van der Waals surface area contributed by atoms with Crippen molar-refractivity contribution in [3.63, 3.8) is 0 Å². The van der Waals surface area contributed by atoms with Crippen LogP contribution in [0.5, 0.6) is 0 Å². The largest absolute Gasteiger partial charge is 0.383 e. The first kappa shape index (κ1) is 19.9. The normalized spacial score (nSPS) is 17.0. The summed E-state index contributed by atoms with van der Waals surface area (Å²) in [5.41, 5.74) is 1.56. The van der Waals surface area contributed by atoms with E-state index in [1.165, 1.54) is 18.9 Å². The summed E-state index contributed by atoms with van der Waals surface area (Å²) in [5, 5.41) is 3.46. The van der Waals surface area contributed by atoms with Gasteiger partial charge in [-0.05, 0) is 6.07 Å². The highest BCUT2D eigenvalue weighted by atomic mass is 16.5. The number of fused-ring (bicyclic) bond motifs is 1. The molecule has 150 valence electrons. The first-order chi connectivity index (χ1) is 13.5. The zero-order valence-electron chi connectivity index (χ0n) is 16.5. The maximum absolute atomic E-state index is 13.3. The Kier molecular flexibility index (Phi) is 5.99. The Morgan fingerprint density at radius 2 is 1.96 bits per heavy atom. The molecule has 0 bridgehead atoms. The number of carbonyl (C=O) groups is 3. The fourth-order valence-electron chi connectivity index (χ4n) is 3.70. The zero-order chi connectivity index (χ0) is 20.3. The fraction of sp³-hybridized carbons (Fsp3) is 0.450. The molecule has 1 aromatic carbocycles. The molecule has 2 aromatic rings. The van der Waals surface area contributed by atoms with Gasteiger partial charge in [0.2, 0.25) is 11.8 Å². The summed E-state index contributed by atoms with van der Waals surface area (Å²) in [5.74, 6) is -0.573. The summed E-state index contributed by atoms with van der Waals surface area (Å²) in [4.78, 5) is 40.6. The highest BCUT2D eigenvalue weighted by molar-refractivity contribution is 6.07. The first-order valence-electron chi connectivity index (χ1n) is 9.32. The van der Waals surface area contributed by atoms with Crippen LogP contribution in [0.15, 0.2) is 30.5 Å². The van der Waals surface area contributed by atoms with Crippen molar-refractivity contribution in [2.75, 3.05) is 40.4 Å². The number of nitrogens with one attached hydrogen (secondary N) is 1. The van der Waals surface area contributed by atoms with Crippen molar-refractivity contribution in [1.29, 1.82) is 0 Å². The molecule has 8 heteroatoms. The molecular formula is C20H26N4O4. The molecule has 1 aromatic heterocycles. The molecule has 3 rings (SSSR count). The number of amides is 3. The van der Waals surface area contributed by atoms with Gasteiger partial charge < -0.3 is 24.4 Å². The molecular weight excluding hydrogens is 360 g/mol. The van der Waals surface area contributed by atoms with Crippen LogP contribution in [0, 0.1) is 0 Å². The zero-order valence-corrected chi connectivity index (χ0v) is 16.5. The van der Waals surface area contributed by atoms with Gasteiger partial charge in [-0.25, -0.2) is 0 Å². The number of rotatable bonds is 5. The van der Waals surface area contributed by atoms with Crippen LogP contribution in [0.4, 0.5) is 0 Å². The lowest BCUT2D eigenvalue weighted by Crippen LogP contribution is -2.60. The second-order valence-corrected chi connectivity index (χ2v) is 6.84. The maximum Gasteiger partial charge on any atom is 0.256 e. The maximum atomic E-state index is 13.3. The number of methoxy groups -OCH3 is 1. The smallest absolute Gasteiger partial charge is 0.256 e. The number of hydrogen-bond acceptors (Lipinski definition) is 4. The molecule has 3 amide bonds. The van der Waals surface area contributed by atoms with Gasteiger partial charge in [0, 0.05) is 57.8 Å². The third-order valence-corrected chi connectivity index (χ3v) is 5.18. The summed E-state index contributed by atoms with van der Waals surface area (Å²) < 4.78 is 7.18. The van der Waals surface area contributed by atoms with Crippen LogP contribution in [0.2, 0.25) is 0 Å². The highest BCUT2D eigenvalue weighted by Crippen LogP contribution is 2.24. The molecule has 0 aliphatic carbocycles. The van der Waals surface area contributed by atoms with Crippen LogP contribution in [-0.4, -0.2) is 78.5 Å². The number of aromatic nitrogens is 1. The van der Waals surface area contributed by atoms with Crippen molar-refractivity contribution in [3.05, 3.63) is 36.0 Å². The minimum absolute atomic E-state index is 0.135. The SMILES string of the molecule is CNC(=O)[C@@H]1CN(C(=O)c2cn(CCOC)c3ccccc23)CCN1C(C)=O. The van der Waals surface area contributed by atoms with Gasteiger partial charge in [0.25, 0.3) is 5.91 Å². The summed E-state index contributed by atoms with van der Waals surface area (Å²) >= 11 is 0. The molecule has 1 saturated heterocycles. The van der Waals surface area contributed by atoms with Gasteiger partial charge >= 0.3 is 0 Å². The monoisotopic (exact) mass is 386 g/mol. The molecule has 1 N–H and O–H groups in total. The van der Waals surface area contributed by atoms with Gasteiger partial charge in [-0.3, -0.25) is 14.4 Å². The topological polar surface area (TPSA) is 83.9 Å². The lowest BCUT2D eigenvalue weighted by atomic mass is 10.1. The summed E-state index contributed by atoms with van der Waals surface area (Å²) in [6.45, 7) is 3.53. The van der Waals surface area contributed by atoms with Gasteiger partial charge in [-0.2, -0.15) is 0 Å². The van der Waals surface area contributed by atoms with Gasteiger partial charge in [0.1, 0.15) is 6.04 Å². The number of ether oxygens (including phenoxy) is 1. The number of benzene rings is 1. The van der Waals surface area contributed by atoms with Crippen LogP contribution in [0.25, 0.3) is 10.9 Å². The van der Waals surface area contributed by atoms with Crippen molar-refractivity contribution in [3.8, 4) is 0 Å². The average Bonchev–Trinajstić information content (AvgIpc) is 3.09. The molecule has 28 heavy (non-hydrogen) atoms. The van der Waals surface area contributed by atoms with E-state index in [0.29, 0.717) is 31.8 Å². The van der Waals surface area contributed by atoms with E-state index in [-0.39, 0.29) is 24.3 Å². The average molecular weight is 386 g/mol. The molecule has 1 atom stereocenters. The molecule has 1 aliphatic heterocycles. The predicted molar refractivity (Wildman–Crippen MR) is 105 cm³/mol. The second-order valence-electron chi connectivity index (χ2n) is 6.84. The van der Waals surface area contributed by atoms with E-state index in [2.05, 4.69) is 5.32 Å². The van der Waals surface area contributed by atoms with Crippen LogP contribution >= 0.6 is 0 Å². The molecule has 1 fully saturated rings. The Balaban J connectivity index is 1.90. The van der Waals surface area contributed by atoms with Gasteiger partial charge in [-0.15, -0.1) is 0 Å². The minimum Gasteiger partial charge on any atom is -0.383 e. The van der Waals surface area contributed by atoms with Crippen molar-refractivity contribution in [2.24, 2.45) is 0 Å². The standard InChI is InChI=1S/C20H26N4O4/c1-14(25)24-9-8-23(13-18(24)19(26)21-2)20(27)16-12-22(10-11-28-3)17-7-5-4-6-15(16)17/h4-7,12,18H,8-11,13H2,1-3H3,(H,21,26)/t18-/m0/s1. The lowest BCUT2D eigenvalue weighted by Gasteiger charge is -2.39. The second kappa shape index (κ2) is 8.43. The lowest BCUT2D eigenvalue weighted by molar-refractivity contribution is -0.141. The van der Waals surface area contributed by atoms with Crippen molar-refractivity contribution in [2.45, 2.75) is 19.5 Å². The summed E-state index contributed by atoms with van der Waals surface area (Å²) in [6, 6.07) is 7.06. The van der Waals surface area contributed by atoms with E-state index in [0.717, 1.165) is 10.9 Å². The van der Waals surface area contributed by atoms with E-state index in [1.807, 2.05) is 35.0 Å². The van der Waals surface area contributed by atoms with Gasteiger partial charge in [0.05, 0.1) is 18.7 Å². The number of likely N-dealkylation sites (N-methyl/N-ethyl adjacent to an activating group) is 1. The number of nitrogens with zero attached hydrogens (tertiary/aromatic N) is 3. The fourth-order valence-corrected chi connectivity index (χ4v) is 3.70. The first-order valence-corrected chi connectivity index (χ1v) is 9.32. The van der Waals surface area contributed by atoms with Crippen molar-refractivity contribution in [1.82, 2.24) is 19.7 Å². The van der Waals surface area contributed by atoms with Crippen molar-refractivity contribution >= 4 is 28.6 Å². The van der Waals surface area contributed by atoms with E-state index < -0.39 is 6.04 Å². The highest BCUT2D eigenvalue weighted by Gasteiger charge is 2.36. The Bertz CT molecular complexity index is 891. The molecule has 0 radical (unpaired) electrons. The third-order valence-electron chi connectivity index (χ3n) is 5.18. The molecule has 2 heterocycles. The van der Waals surface area contributed by atoms with Crippen LogP contribution < -0.4 is 5.32 Å². The van der Waals surface area contributed by atoms with Gasteiger partial charge in [-0.1, -0.05) is 18.2 Å².